The lowest BCUT2D eigenvalue weighted by Gasteiger charge is -2.08. The van der Waals surface area contributed by atoms with E-state index in [0.29, 0.717) is 11.8 Å². The molecule has 0 saturated heterocycles. The first kappa shape index (κ1) is 9.53. The summed E-state index contributed by atoms with van der Waals surface area (Å²) >= 11 is 0. The maximum atomic E-state index is 5.64. The van der Waals surface area contributed by atoms with Crippen molar-refractivity contribution in [2.45, 2.75) is 19.3 Å². The summed E-state index contributed by atoms with van der Waals surface area (Å²) in [6.07, 6.45) is 1.22. The van der Waals surface area contributed by atoms with Gasteiger partial charge in [0.1, 0.15) is 5.75 Å². The first-order valence-electron chi connectivity index (χ1n) is 5.11. The Morgan fingerprint density at radius 1 is 1.50 bits per heavy atom. The second kappa shape index (κ2) is 3.62. The Balaban J connectivity index is 2.25. The van der Waals surface area contributed by atoms with E-state index in [-0.39, 0.29) is 0 Å². The van der Waals surface area contributed by atoms with E-state index in [1.807, 2.05) is 0 Å². The molecule has 0 bridgehead atoms. The molecule has 2 heteroatoms. The molecule has 76 valence electrons. The Bertz CT molecular complexity index is 335. The number of methoxy groups -OCH3 is 1. The van der Waals surface area contributed by atoms with Gasteiger partial charge in [0.2, 0.25) is 0 Å². The number of benzene rings is 1. The third-order valence-corrected chi connectivity index (χ3v) is 3.01. The Morgan fingerprint density at radius 2 is 2.29 bits per heavy atom. The number of hydrogen-bond donors (Lipinski definition) is 1. The summed E-state index contributed by atoms with van der Waals surface area (Å²) in [5.74, 6) is 2.33. The Labute approximate surface area is 85.1 Å². The van der Waals surface area contributed by atoms with Crippen LogP contribution in [0, 0.1) is 12.8 Å². The van der Waals surface area contributed by atoms with Gasteiger partial charge in [0.15, 0.2) is 0 Å². The van der Waals surface area contributed by atoms with Gasteiger partial charge < -0.3 is 10.5 Å². The molecule has 2 nitrogen and oxygen atoms in total. The molecule has 0 aliphatic heterocycles. The number of nitrogens with two attached hydrogens (primary N) is 1. The zero-order valence-electron chi connectivity index (χ0n) is 8.79. The van der Waals surface area contributed by atoms with Gasteiger partial charge in [-0.15, -0.1) is 0 Å². The topological polar surface area (TPSA) is 35.2 Å². The summed E-state index contributed by atoms with van der Waals surface area (Å²) in [4.78, 5) is 0. The molecule has 0 amide bonds. The summed E-state index contributed by atoms with van der Waals surface area (Å²) in [7, 11) is 1.73. The van der Waals surface area contributed by atoms with Crippen molar-refractivity contribution in [3.05, 3.63) is 29.3 Å². The molecular weight excluding hydrogens is 174 g/mol. The fourth-order valence-electron chi connectivity index (χ4n) is 2.01. The number of ether oxygens (including phenoxy) is 1. The van der Waals surface area contributed by atoms with Gasteiger partial charge in [-0.1, -0.05) is 12.1 Å². The van der Waals surface area contributed by atoms with E-state index in [0.717, 1.165) is 12.3 Å². The minimum atomic E-state index is 0.635. The van der Waals surface area contributed by atoms with Gasteiger partial charge >= 0.3 is 0 Å². The zero-order valence-corrected chi connectivity index (χ0v) is 8.79. The predicted molar refractivity (Wildman–Crippen MR) is 57.6 cm³/mol. The van der Waals surface area contributed by atoms with Crippen molar-refractivity contribution in [1.29, 1.82) is 0 Å². The maximum Gasteiger partial charge on any atom is 0.122 e. The molecule has 1 fully saturated rings. The highest BCUT2D eigenvalue weighted by atomic mass is 16.5. The van der Waals surface area contributed by atoms with Crippen LogP contribution in [0.2, 0.25) is 0 Å². The van der Waals surface area contributed by atoms with E-state index in [2.05, 4.69) is 25.1 Å². The van der Waals surface area contributed by atoms with Gasteiger partial charge in [0.25, 0.3) is 0 Å². The van der Waals surface area contributed by atoms with E-state index in [1.165, 1.54) is 17.5 Å². The monoisotopic (exact) mass is 191 g/mol. The predicted octanol–water partition coefficient (Wildman–Crippen LogP) is 2.07. The van der Waals surface area contributed by atoms with E-state index in [4.69, 9.17) is 10.5 Å². The third-order valence-electron chi connectivity index (χ3n) is 3.01. The molecule has 2 atom stereocenters. The Kier molecular flexibility index (Phi) is 2.46. The van der Waals surface area contributed by atoms with Crippen LogP contribution in [-0.2, 0) is 0 Å². The van der Waals surface area contributed by atoms with Crippen LogP contribution in [0.15, 0.2) is 18.2 Å². The van der Waals surface area contributed by atoms with Crippen LogP contribution in [0.3, 0.4) is 0 Å². The average molecular weight is 191 g/mol. The lowest BCUT2D eigenvalue weighted by atomic mass is 10.1. The van der Waals surface area contributed by atoms with Crippen molar-refractivity contribution in [2.75, 3.05) is 13.7 Å². The molecule has 0 radical (unpaired) electrons. The molecule has 1 aliphatic carbocycles. The van der Waals surface area contributed by atoms with Gasteiger partial charge in [-0.3, -0.25) is 0 Å². The number of rotatable bonds is 3. The fraction of sp³-hybridized carbons (Fsp3) is 0.500. The van der Waals surface area contributed by atoms with Crippen LogP contribution in [-0.4, -0.2) is 13.7 Å². The Morgan fingerprint density at radius 3 is 2.86 bits per heavy atom. The van der Waals surface area contributed by atoms with Crippen molar-refractivity contribution in [1.82, 2.24) is 0 Å². The van der Waals surface area contributed by atoms with Crippen molar-refractivity contribution < 1.29 is 4.74 Å². The fourth-order valence-corrected chi connectivity index (χ4v) is 2.01. The van der Waals surface area contributed by atoms with Crippen LogP contribution >= 0.6 is 0 Å². The zero-order chi connectivity index (χ0) is 10.1. The van der Waals surface area contributed by atoms with Crippen molar-refractivity contribution >= 4 is 0 Å². The molecule has 14 heavy (non-hydrogen) atoms. The minimum absolute atomic E-state index is 0.635. The van der Waals surface area contributed by atoms with Gasteiger partial charge in [0, 0.05) is 0 Å². The minimum Gasteiger partial charge on any atom is -0.496 e. The lowest BCUT2D eigenvalue weighted by molar-refractivity contribution is 0.409. The van der Waals surface area contributed by atoms with Gasteiger partial charge in [-0.05, 0) is 48.9 Å². The first-order valence-corrected chi connectivity index (χ1v) is 5.11. The number of aryl methyl sites for hydroxylation is 1. The molecule has 0 unspecified atom stereocenters. The van der Waals surface area contributed by atoms with Gasteiger partial charge in [-0.2, -0.15) is 0 Å². The molecule has 1 aliphatic rings. The molecule has 1 aromatic rings. The smallest absolute Gasteiger partial charge is 0.122 e. The summed E-state index contributed by atoms with van der Waals surface area (Å²) in [6, 6.07) is 6.42. The SMILES string of the molecule is COc1cc(C)ccc1[C@@H]1C[C@H]1CN. The molecule has 0 spiro atoms. The highest BCUT2D eigenvalue weighted by molar-refractivity contribution is 5.42. The second-order valence-electron chi connectivity index (χ2n) is 4.08. The highest BCUT2D eigenvalue weighted by Crippen LogP contribution is 2.49. The normalized spacial score (nSPS) is 24.8. The third kappa shape index (κ3) is 1.62. The Hall–Kier alpha value is -1.02. The lowest BCUT2D eigenvalue weighted by Crippen LogP contribution is -2.02. The van der Waals surface area contributed by atoms with Gasteiger partial charge in [0.05, 0.1) is 7.11 Å². The van der Waals surface area contributed by atoms with Crippen LogP contribution < -0.4 is 10.5 Å². The van der Waals surface area contributed by atoms with Crippen LogP contribution in [0.1, 0.15) is 23.5 Å². The highest BCUT2D eigenvalue weighted by Gasteiger charge is 2.38. The van der Waals surface area contributed by atoms with Crippen molar-refractivity contribution in [3.63, 3.8) is 0 Å². The molecule has 2 rings (SSSR count). The quantitative estimate of drug-likeness (QED) is 0.793. The van der Waals surface area contributed by atoms with Crippen molar-refractivity contribution in [3.8, 4) is 5.75 Å². The number of hydrogen-bond acceptors (Lipinski definition) is 2. The van der Waals surface area contributed by atoms with Crippen molar-refractivity contribution in [2.24, 2.45) is 11.7 Å². The molecule has 0 aromatic heterocycles. The molecule has 1 saturated carbocycles. The van der Waals surface area contributed by atoms with E-state index in [9.17, 15) is 0 Å². The average Bonchev–Trinajstić information content (AvgIpc) is 2.96. The standard InChI is InChI=1S/C12H17NO/c1-8-3-4-10(12(5-8)14-2)11-6-9(11)7-13/h3-5,9,11H,6-7,13H2,1-2H3/t9-,11+/m0/s1. The molecule has 1 aromatic carbocycles. The molecular formula is C12H17NO. The summed E-state index contributed by atoms with van der Waals surface area (Å²) in [5.41, 5.74) is 8.22. The van der Waals surface area contributed by atoms with Crippen LogP contribution in [0.4, 0.5) is 0 Å². The van der Waals surface area contributed by atoms with Crippen LogP contribution in [0.25, 0.3) is 0 Å². The first-order chi connectivity index (χ1) is 6.76. The molecule has 2 N–H and O–H groups in total. The van der Waals surface area contributed by atoms with E-state index >= 15 is 0 Å². The van der Waals surface area contributed by atoms with E-state index < -0.39 is 0 Å². The van der Waals surface area contributed by atoms with Gasteiger partial charge in [-0.25, -0.2) is 0 Å². The maximum absolute atomic E-state index is 5.64. The van der Waals surface area contributed by atoms with E-state index in [1.54, 1.807) is 7.11 Å². The molecule has 0 heterocycles. The summed E-state index contributed by atoms with van der Waals surface area (Å²) in [6.45, 7) is 2.88. The second-order valence-corrected chi connectivity index (χ2v) is 4.08. The summed E-state index contributed by atoms with van der Waals surface area (Å²) in [5, 5.41) is 0. The van der Waals surface area contributed by atoms with Crippen LogP contribution in [0.5, 0.6) is 5.75 Å². The summed E-state index contributed by atoms with van der Waals surface area (Å²) < 4.78 is 5.38. The largest absolute Gasteiger partial charge is 0.496 e.